The van der Waals surface area contributed by atoms with Crippen molar-refractivity contribution in [3.05, 3.63) is 64.0 Å². The molecule has 1 fully saturated rings. The van der Waals surface area contributed by atoms with Crippen LogP contribution in [0.25, 0.3) is 0 Å². The van der Waals surface area contributed by atoms with E-state index in [-0.39, 0.29) is 17.4 Å². The quantitative estimate of drug-likeness (QED) is 0.161. The average Bonchev–Trinajstić information content (AvgIpc) is 2.95. The van der Waals surface area contributed by atoms with E-state index in [1.54, 1.807) is 59.1 Å². The van der Waals surface area contributed by atoms with Crippen LogP contribution >= 0.6 is 70.2 Å². The smallest absolute Gasteiger partial charge is 0.373 e. The molecule has 0 spiro atoms. The number of hydrogen-bond donors (Lipinski definition) is 3. The molecule has 0 saturated carbocycles. The lowest BCUT2D eigenvalue weighted by molar-refractivity contribution is -0.711. The number of fused-ring (bicyclic) bond motifs is 1. The molecule has 1 saturated heterocycles. The molecule has 3 heterocycles. The highest BCUT2D eigenvalue weighted by Gasteiger charge is 2.54. The van der Waals surface area contributed by atoms with E-state index in [1.807, 2.05) is 6.26 Å². The third-order valence-corrected chi connectivity index (χ3v) is 11.1. The largest absolute Gasteiger partial charge is 0.477 e. The van der Waals surface area contributed by atoms with Crippen LogP contribution in [0.3, 0.4) is 0 Å². The van der Waals surface area contributed by atoms with E-state index in [9.17, 15) is 29.4 Å². The lowest BCUT2D eigenvalue weighted by atomic mass is 10.0. The van der Waals surface area contributed by atoms with Crippen molar-refractivity contribution in [1.82, 2.24) is 10.2 Å². The SMILES string of the molecule is CSCC[C@@H](C(=O)O)[n+]1ccc(SCC2=C(C(=O)O)N3C(=O)[C@H](NC(=O)CSc4cc(Cl)ccc4Cl)[C@H]3SC2)cc1. The van der Waals surface area contributed by atoms with Crippen LogP contribution in [0.5, 0.6) is 0 Å². The van der Waals surface area contributed by atoms with Crippen LogP contribution in [-0.2, 0) is 19.2 Å². The molecule has 41 heavy (non-hydrogen) atoms. The first-order chi connectivity index (χ1) is 19.6. The number of carbonyl (C=O) groups excluding carboxylic acids is 2. The van der Waals surface area contributed by atoms with Gasteiger partial charge in [-0.05, 0) is 35.8 Å². The molecule has 218 valence electrons. The van der Waals surface area contributed by atoms with Crippen molar-refractivity contribution in [3.8, 4) is 0 Å². The van der Waals surface area contributed by atoms with Gasteiger partial charge < -0.3 is 15.5 Å². The number of carboxylic acid groups (broad SMARTS) is 2. The molecule has 0 bridgehead atoms. The van der Waals surface area contributed by atoms with E-state index >= 15 is 0 Å². The maximum absolute atomic E-state index is 13.0. The maximum Gasteiger partial charge on any atom is 0.373 e. The molecular weight excluding hydrogens is 649 g/mol. The molecule has 15 heteroatoms. The predicted molar refractivity (Wildman–Crippen MR) is 164 cm³/mol. The number of β-lactam (4-membered cyclic amide) rings is 1. The van der Waals surface area contributed by atoms with E-state index < -0.39 is 35.3 Å². The molecule has 2 aromatic rings. The van der Waals surface area contributed by atoms with Crippen LogP contribution in [0.15, 0.2) is 63.8 Å². The highest BCUT2D eigenvalue weighted by Crippen LogP contribution is 2.41. The Morgan fingerprint density at radius 1 is 1.17 bits per heavy atom. The lowest BCUT2D eigenvalue weighted by Crippen LogP contribution is -2.70. The lowest BCUT2D eigenvalue weighted by Gasteiger charge is -2.49. The molecule has 0 unspecified atom stereocenters. The summed E-state index contributed by atoms with van der Waals surface area (Å²) in [5.41, 5.74) is 0.555. The number of nitrogens with one attached hydrogen (secondary N) is 1. The van der Waals surface area contributed by atoms with Gasteiger partial charge in [0.25, 0.3) is 11.9 Å². The van der Waals surface area contributed by atoms with Crippen LogP contribution in [0.2, 0.25) is 10.0 Å². The van der Waals surface area contributed by atoms with Gasteiger partial charge in [-0.1, -0.05) is 23.2 Å². The van der Waals surface area contributed by atoms with E-state index in [0.29, 0.717) is 38.4 Å². The second-order valence-electron chi connectivity index (χ2n) is 8.98. The molecule has 3 N–H and O–H groups in total. The molecule has 2 amide bonds. The third kappa shape index (κ3) is 7.68. The molecule has 2 aliphatic rings. The second-order valence-corrected chi connectivity index (χ2v) is 14.0. The second kappa shape index (κ2) is 14.4. The summed E-state index contributed by atoms with van der Waals surface area (Å²) in [6, 6.07) is 7.07. The minimum absolute atomic E-state index is 0.0204. The van der Waals surface area contributed by atoms with Crippen molar-refractivity contribution in [3.63, 3.8) is 0 Å². The summed E-state index contributed by atoms with van der Waals surface area (Å²) in [6.07, 6.45) is 5.86. The maximum atomic E-state index is 13.0. The molecule has 3 atom stereocenters. The number of hydrogen-bond acceptors (Lipinski definition) is 8. The van der Waals surface area contributed by atoms with Gasteiger partial charge >= 0.3 is 11.9 Å². The summed E-state index contributed by atoms with van der Waals surface area (Å²) in [6.45, 7) is 0. The van der Waals surface area contributed by atoms with Gasteiger partial charge in [0.05, 0.1) is 10.8 Å². The normalized spacial score (nSPS) is 18.9. The topological polar surface area (TPSA) is 128 Å². The third-order valence-electron chi connectivity index (χ3n) is 6.29. The van der Waals surface area contributed by atoms with Crippen LogP contribution in [0.4, 0.5) is 0 Å². The summed E-state index contributed by atoms with van der Waals surface area (Å²) in [7, 11) is 0. The Bertz CT molecular complexity index is 1380. The highest BCUT2D eigenvalue weighted by molar-refractivity contribution is 8.01. The van der Waals surface area contributed by atoms with Crippen molar-refractivity contribution >= 4 is 94.0 Å². The minimum atomic E-state index is -1.20. The predicted octanol–water partition coefficient (Wildman–Crippen LogP) is 4.28. The summed E-state index contributed by atoms with van der Waals surface area (Å²) < 4.78 is 1.65. The number of aromatic nitrogens is 1. The number of amides is 2. The Kier molecular flexibility index (Phi) is 11.2. The fourth-order valence-electron chi connectivity index (χ4n) is 4.27. The van der Waals surface area contributed by atoms with Gasteiger partial charge in [0.1, 0.15) is 17.1 Å². The van der Waals surface area contributed by atoms with Gasteiger partial charge in [-0.15, -0.1) is 35.3 Å². The Morgan fingerprint density at radius 2 is 1.90 bits per heavy atom. The zero-order chi connectivity index (χ0) is 29.7. The van der Waals surface area contributed by atoms with Crippen molar-refractivity contribution in [1.29, 1.82) is 0 Å². The molecular formula is C26H26Cl2N3O6S4+. The Morgan fingerprint density at radius 3 is 2.56 bits per heavy atom. The van der Waals surface area contributed by atoms with Gasteiger partial charge in [0.2, 0.25) is 5.91 Å². The number of nitrogens with zero attached hydrogens (tertiary/aromatic N) is 2. The van der Waals surface area contributed by atoms with Crippen LogP contribution in [-0.4, -0.2) is 79.5 Å². The summed E-state index contributed by atoms with van der Waals surface area (Å²) in [5, 5.41) is 22.7. The van der Waals surface area contributed by atoms with E-state index in [4.69, 9.17) is 23.2 Å². The Labute approximate surface area is 263 Å². The fourth-order valence-corrected chi connectivity index (χ4v) is 8.40. The number of pyridine rings is 1. The minimum Gasteiger partial charge on any atom is -0.477 e. The van der Waals surface area contributed by atoms with E-state index in [0.717, 1.165) is 10.6 Å². The van der Waals surface area contributed by atoms with Gasteiger partial charge in [0, 0.05) is 44.9 Å². The number of halogens is 2. The van der Waals surface area contributed by atoms with Crippen LogP contribution in [0, 0.1) is 0 Å². The summed E-state index contributed by atoms with van der Waals surface area (Å²) >= 11 is 17.7. The first-order valence-electron chi connectivity index (χ1n) is 12.2. The number of aliphatic carboxylic acids is 2. The zero-order valence-corrected chi connectivity index (χ0v) is 26.4. The van der Waals surface area contributed by atoms with Crippen LogP contribution < -0.4 is 9.88 Å². The van der Waals surface area contributed by atoms with Crippen molar-refractivity contribution in [2.75, 3.05) is 29.3 Å². The number of benzene rings is 1. The highest BCUT2D eigenvalue weighted by atomic mass is 35.5. The van der Waals surface area contributed by atoms with Gasteiger partial charge in [-0.3, -0.25) is 14.5 Å². The van der Waals surface area contributed by atoms with E-state index in [2.05, 4.69) is 5.32 Å². The number of rotatable bonds is 13. The van der Waals surface area contributed by atoms with Gasteiger partial charge in [0.15, 0.2) is 12.4 Å². The van der Waals surface area contributed by atoms with E-state index in [1.165, 1.54) is 40.2 Å². The van der Waals surface area contributed by atoms with Crippen molar-refractivity contribution in [2.45, 2.75) is 33.7 Å². The molecule has 0 aliphatic carbocycles. The number of carbonyl (C=O) groups is 4. The van der Waals surface area contributed by atoms with Crippen LogP contribution in [0.1, 0.15) is 12.5 Å². The average molecular weight is 676 g/mol. The molecule has 2 aliphatic heterocycles. The first kappa shape index (κ1) is 31.9. The van der Waals surface area contributed by atoms with Crippen molar-refractivity contribution < 1.29 is 34.0 Å². The number of carboxylic acids is 2. The molecule has 9 nitrogen and oxygen atoms in total. The molecule has 0 radical (unpaired) electrons. The van der Waals surface area contributed by atoms with Gasteiger partial charge in [-0.25, -0.2) is 9.59 Å². The molecule has 4 rings (SSSR count). The monoisotopic (exact) mass is 674 g/mol. The molecule has 1 aromatic carbocycles. The zero-order valence-electron chi connectivity index (χ0n) is 21.6. The Balaban J connectivity index is 1.36. The summed E-state index contributed by atoms with van der Waals surface area (Å²) in [4.78, 5) is 52.1. The van der Waals surface area contributed by atoms with Gasteiger partial charge in [-0.2, -0.15) is 16.3 Å². The standard InChI is InChI=1S/C26H25Cl2N3O6S4/c1-38-9-6-18(25(34)35)30-7-4-16(5-8-30)39-11-14-12-41-24-21(23(33)31(24)22(14)26(36)37)29-20(32)13-40-19-10-15(27)2-3-17(19)28/h2-5,7-8,10,18,21,24H,6,9,11-13H2,1H3,(H2-,29,32,34,35,36,37)/p+1/t18-,21-,24+/m0/s1. The fraction of sp³-hybridized carbons (Fsp3) is 0.346. The van der Waals surface area contributed by atoms with Crippen molar-refractivity contribution in [2.24, 2.45) is 0 Å². The summed E-state index contributed by atoms with van der Waals surface area (Å²) in [5.74, 6) is -1.44. The number of thioether (sulfide) groups is 4. The first-order valence-corrected chi connectivity index (χ1v) is 17.4. The Hall–Kier alpha value is -2.03. The molecule has 1 aromatic heterocycles.